The van der Waals surface area contributed by atoms with E-state index in [1.54, 1.807) is 0 Å². The lowest BCUT2D eigenvalue weighted by atomic mass is 10.3. The van der Waals surface area contributed by atoms with E-state index in [2.05, 4.69) is 23.4 Å². The number of nitrogens with zero attached hydrogens (tertiary/aromatic N) is 3. The Morgan fingerprint density at radius 1 is 1.45 bits per heavy atom. The number of carbonyl (C=O) groups excluding carboxylic acids is 1. The van der Waals surface area contributed by atoms with Gasteiger partial charge in [-0.1, -0.05) is 0 Å². The Morgan fingerprint density at radius 2 is 2.20 bits per heavy atom. The van der Waals surface area contributed by atoms with Crippen molar-refractivity contribution in [2.24, 2.45) is 0 Å². The maximum absolute atomic E-state index is 11.9. The van der Waals surface area contributed by atoms with Crippen LogP contribution in [0.15, 0.2) is 6.07 Å². The number of nitrogens with one attached hydrogen (secondary N) is 1. The monoisotopic (exact) mass is 280 g/mol. The normalized spacial score (nSPS) is 15.6. The maximum atomic E-state index is 11.9. The standard InChI is InChI=1S/C14H24N4O2/c1-3-18-13(10-12(2)16-18)11-15-5-4-14(19)17-6-8-20-9-7-17/h10,15H,3-9,11H2,1-2H3. The molecule has 1 aromatic rings. The largest absolute Gasteiger partial charge is 0.378 e. The number of rotatable bonds is 6. The van der Waals surface area contributed by atoms with Crippen LogP contribution < -0.4 is 5.32 Å². The van der Waals surface area contributed by atoms with Crippen molar-refractivity contribution in [2.45, 2.75) is 33.4 Å². The van der Waals surface area contributed by atoms with Crippen LogP contribution in [0.4, 0.5) is 0 Å². The fraction of sp³-hybridized carbons (Fsp3) is 0.714. The van der Waals surface area contributed by atoms with E-state index in [1.165, 1.54) is 5.69 Å². The van der Waals surface area contributed by atoms with E-state index in [1.807, 2.05) is 16.5 Å². The SMILES string of the molecule is CCn1nc(C)cc1CNCCC(=O)N1CCOCC1. The van der Waals surface area contributed by atoms with E-state index in [-0.39, 0.29) is 5.91 Å². The molecule has 0 radical (unpaired) electrons. The molecule has 1 aliphatic heterocycles. The Kier molecular flexibility index (Phi) is 5.55. The summed E-state index contributed by atoms with van der Waals surface area (Å²) in [7, 11) is 0. The number of aryl methyl sites for hydroxylation is 2. The van der Waals surface area contributed by atoms with Gasteiger partial charge in [-0.15, -0.1) is 0 Å². The zero-order chi connectivity index (χ0) is 14.4. The molecule has 2 heterocycles. The summed E-state index contributed by atoms with van der Waals surface area (Å²) in [5.74, 6) is 0.209. The molecule has 0 aromatic carbocycles. The third kappa shape index (κ3) is 4.05. The molecule has 0 saturated carbocycles. The molecule has 1 N–H and O–H groups in total. The second-order valence-electron chi connectivity index (χ2n) is 5.01. The van der Waals surface area contributed by atoms with Crippen LogP contribution in [-0.2, 0) is 22.6 Å². The summed E-state index contributed by atoms with van der Waals surface area (Å²) in [4.78, 5) is 13.8. The molecule has 6 heteroatoms. The molecule has 0 spiro atoms. The number of aromatic nitrogens is 2. The minimum atomic E-state index is 0.209. The summed E-state index contributed by atoms with van der Waals surface area (Å²) in [5.41, 5.74) is 2.21. The lowest BCUT2D eigenvalue weighted by Gasteiger charge is -2.26. The first-order valence-electron chi connectivity index (χ1n) is 7.30. The molecule has 0 unspecified atom stereocenters. The van der Waals surface area contributed by atoms with E-state index in [9.17, 15) is 4.79 Å². The molecule has 20 heavy (non-hydrogen) atoms. The molecular formula is C14H24N4O2. The zero-order valence-corrected chi connectivity index (χ0v) is 12.4. The number of hydrogen-bond acceptors (Lipinski definition) is 4. The van der Waals surface area contributed by atoms with Gasteiger partial charge in [0.15, 0.2) is 0 Å². The maximum Gasteiger partial charge on any atom is 0.224 e. The summed E-state index contributed by atoms with van der Waals surface area (Å²) in [6.07, 6.45) is 0.541. The Labute approximate surface area is 120 Å². The highest BCUT2D eigenvalue weighted by atomic mass is 16.5. The van der Waals surface area contributed by atoms with Crippen molar-refractivity contribution in [3.05, 3.63) is 17.5 Å². The first-order chi connectivity index (χ1) is 9.70. The van der Waals surface area contributed by atoms with Crippen molar-refractivity contribution in [1.29, 1.82) is 0 Å². The lowest BCUT2D eigenvalue weighted by molar-refractivity contribution is -0.135. The van der Waals surface area contributed by atoms with Crippen LogP contribution in [0.3, 0.4) is 0 Å². The van der Waals surface area contributed by atoms with Gasteiger partial charge >= 0.3 is 0 Å². The highest BCUT2D eigenvalue weighted by Gasteiger charge is 2.15. The molecule has 0 bridgehead atoms. The number of morpholine rings is 1. The van der Waals surface area contributed by atoms with Crippen molar-refractivity contribution in [1.82, 2.24) is 20.0 Å². The smallest absolute Gasteiger partial charge is 0.224 e. The predicted octanol–water partition coefficient (Wildman–Crippen LogP) is 0.550. The van der Waals surface area contributed by atoms with E-state index in [0.717, 1.165) is 31.9 Å². The molecule has 0 atom stereocenters. The third-order valence-corrected chi connectivity index (χ3v) is 3.47. The first kappa shape index (κ1) is 15.0. The third-order valence-electron chi connectivity index (χ3n) is 3.47. The minimum Gasteiger partial charge on any atom is -0.378 e. The van der Waals surface area contributed by atoms with Gasteiger partial charge in [0.05, 0.1) is 24.6 Å². The van der Waals surface area contributed by atoms with Crippen LogP contribution in [0, 0.1) is 6.92 Å². The highest BCUT2D eigenvalue weighted by Crippen LogP contribution is 2.04. The van der Waals surface area contributed by atoms with Gasteiger partial charge in [0.2, 0.25) is 5.91 Å². The Hall–Kier alpha value is -1.40. The number of carbonyl (C=O) groups is 1. The molecule has 1 amide bonds. The van der Waals surface area contributed by atoms with Crippen molar-refractivity contribution in [2.75, 3.05) is 32.8 Å². The molecule has 112 valence electrons. The minimum absolute atomic E-state index is 0.209. The second-order valence-corrected chi connectivity index (χ2v) is 5.01. The molecule has 1 aromatic heterocycles. The van der Waals surface area contributed by atoms with Gasteiger partial charge in [-0.05, 0) is 19.9 Å². The first-order valence-corrected chi connectivity index (χ1v) is 7.30. The van der Waals surface area contributed by atoms with Crippen LogP contribution in [0.2, 0.25) is 0 Å². The van der Waals surface area contributed by atoms with E-state index in [0.29, 0.717) is 26.2 Å². The van der Waals surface area contributed by atoms with Gasteiger partial charge in [0, 0.05) is 39.1 Å². The summed E-state index contributed by atoms with van der Waals surface area (Å²) in [6, 6.07) is 2.08. The lowest BCUT2D eigenvalue weighted by Crippen LogP contribution is -2.41. The Balaban J connectivity index is 1.69. The summed E-state index contributed by atoms with van der Waals surface area (Å²) in [6.45, 7) is 9.17. The predicted molar refractivity (Wildman–Crippen MR) is 76.4 cm³/mol. The zero-order valence-electron chi connectivity index (χ0n) is 12.4. The summed E-state index contributed by atoms with van der Waals surface area (Å²) >= 11 is 0. The fourth-order valence-corrected chi connectivity index (χ4v) is 2.40. The van der Waals surface area contributed by atoms with E-state index in [4.69, 9.17) is 4.74 Å². The molecule has 6 nitrogen and oxygen atoms in total. The van der Waals surface area contributed by atoms with Crippen molar-refractivity contribution < 1.29 is 9.53 Å². The van der Waals surface area contributed by atoms with Crippen LogP contribution in [0.5, 0.6) is 0 Å². The molecular weight excluding hydrogens is 256 g/mol. The Morgan fingerprint density at radius 3 is 2.90 bits per heavy atom. The van der Waals surface area contributed by atoms with Gasteiger partial charge in [0.25, 0.3) is 0 Å². The molecule has 0 aliphatic carbocycles. The van der Waals surface area contributed by atoms with Crippen LogP contribution >= 0.6 is 0 Å². The van der Waals surface area contributed by atoms with Gasteiger partial charge < -0.3 is 15.0 Å². The number of hydrogen-bond donors (Lipinski definition) is 1. The van der Waals surface area contributed by atoms with Crippen LogP contribution in [-0.4, -0.2) is 53.4 Å². The number of ether oxygens (including phenoxy) is 1. The molecule has 1 fully saturated rings. The average Bonchev–Trinajstić information content (AvgIpc) is 2.84. The van der Waals surface area contributed by atoms with Crippen molar-refractivity contribution >= 4 is 5.91 Å². The Bertz CT molecular complexity index is 438. The van der Waals surface area contributed by atoms with Crippen LogP contribution in [0.25, 0.3) is 0 Å². The topological polar surface area (TPSA) is 59.4 Å². The average molecular weight is 280 g/mol. The van der Waals surface area contributed by atoms with Gasteiger partial charge in [-0.25, -0.2) is 0 Å². The summed E-state index contributed by atoms with van der Waals surface area (Å²) < 4.78 is 7.23. The van der Waals surface area contributed by atoms with Crippen molar-refractivity contribution in [3.8, 4) is 0 Å². The van der Waals surface area contributed by atoms with Gasteiger partial charge in [-0.3, -0.25) is 9.48 Å². The molecule has 1 aliphatic rings. The second kappa shape index (κ2) is 7.40. The number of amides is 1. The van der Waals surface area contributed by atoms with E-state index < -0.39 is 0 Å². The van der Waals surface area contributed by atoms with E-state index >= 15 is 0 Å². The molecule has 2 rings (SSSR count). The van der Waals surface area contributed by atoms with Crippen LogP contribution in [0.1, 0.15) is 24.7 Å². The van der Waals surface area contributed by atoms with Gasteiger partial charge in [-0.2, -0.15) is 5.10 Å². The highest BCUT2D eigenvalue weighted by molar-refractivity contribution is 5.76. The fourth-order valence-electron chi connectivity index (χ4n) is 2.40. The van der Waals surface area contributed by atoms with Gasteiger partial charge in [0.1, 0.15) is 0 Å². The summed E-state index contributed by atoms with van der Waals surface area (Å²) in [5, 5.41) is 7.72. The quantitative estimate of drug-likeness (QED) is 0.773. The molecule has 1 saturated heterocycles. The van der Waals surface area contributed by atoms with Crippen molar-refractivity contribution in [3.63, 3.8) is 0 Å².